The molecule has 0 unspecified atom stereocenters. The molecule has 0 aromatic rings. The Morgan fingerprint density at radius 3 is 2.32 bits per heavy atom. The summed E-state index contributed by atoms with van der Waals surface area (Å²) in [5.41, 5.74) is 3.13. The number of unbranched alkanes of at least 4 members (excludes halogenated alkanes) is 2. The van der Waals surface area contributed by atoms with Crippen molar-refractivity contribution in [2.45, 2.75) is 39.5 Å². The average molecular weight is 356 g/mol. The van der Waals surface area contributed by atoms with Gasteiger partial charge in [0.05, 0.1) is 5.88 Å². The Morgan fingerprint density at radius 2 is 1.89 bits per heavy atom. The van der Waals surface area contributed by atoms with Gasteiger partial charge in [0.15, 0.2) is 4.32 Å². The third kappa shape index (κ3) is 6.75. The van der Waals surface area contributed by atoms with Crippen molar-refractivity contribution in [3.05, 3.63) is 0 Å². The first-order chi connectivity index (χ1) is 9.19. The maximum absolute atomic E-state index is 5.56. The molecule has 1 rings (SSSR count). The van der Waals surface area contributed by atoms with Gasteiger partial charge in [-0.15, -0.1) is 0 Å². The third-order valence-corrected chi connectivity index (χ3v) is 6.56. The lowest BCUT2D eigenvalue weighted by Crippen LogP contribution is -2.42. The molecule has 0 aromatic carbocycles. The maximum Gasteiger partial charge on any atom is 0.212 e. The SMILES string of the molecule is CCCCSN(SCCCC)C(=S)N1CSC(=S)N1. The molecule has 0 bridgehead atoms. The van der Waals surface area contributed by atoms with Gasteiger partial charge in [-0.2, -0.15) is 0 Å². The van der Waals surface area contributed by atoms with Crippen LogP contribution in [-0.4, -0.2) is 35.5 Å². The number of thioether (sulfide) groups is 1. The predicted octanol–water partition coefficient (Wildman–Crippen LogP) is 4.27. The van der Waals surface area contributed by atoms with Gasteiger partial charge in [-0.05, 0) is 49.0 Å². The monoisotopic (exact) mass is 355 g/mol. The number of nitrogens with zero attached hydrogens (tertiary/aromatic N) is 2. The first kappa shape index (κ1) is 17.7. The number of rotatable bonds is 8. The van der Waals surface area contributed by atoms with Crippen molar-refractivity contribution in [1.29, 1.82) is 0 Å². The molecule has 0 atom stereocenters. The van der Waals surface area contributed by atoms with Crippen LogP contribution in [0.5, 0.6) is 0 Å². The van der Waals surface area contributed by atoms with E-state index in [1.54, 1.807) is 11.8 Å². The Balaban J connectivity index is 2.45. The van der Waals surface area contributed by atoms with E-state index in [9.17, 15) is 0 Å². The maximum atomic E-state index is 5.56. The Kier molecular flexibility index (Phi) is 9.65. The van der Waals surface area contributed by atoms with Crippen LogP contribution >= 0.6 is 60.1 Å². The molecule has 1 aliphatic rings. The van der Waals surface area contributed by atoms with Gasteiger partial charge in [0.2, 0.25) is 5.11 Å². The molecule has 0 spiro atoms. The van der Waals surface area contributed by atoms with Crippen molar-refractivity contribution < 1.29 is 0 Å². The summed E-state index contributed by atoms with van der Waals surface area (Å²) in [6.45, 7) is 4.43. The first-order valence-corrected chi connectivity index (χ1v) is 10.2. The van der Waals surface area contributed by atoms with E-state index in [2.05, 4.69) is 23.0 Å². The number of hydrazine groups is 1. The van der Waals surface area contributed by atoms with Gasteiger partial charge in [-0.3, -0.25) is 5.43 Å². The first-order valence-electron chi connectivity index (χ1n) is 6.49. The van der Waals surface area contributed by atoms with Crippen molar-refractivity contribution >= 4 is 69.5 Å². The highest BCUT2D eigenvalue weighted by atomic mass is 32.2. The normalized spacial score (nSPS) is 14.6. The van der Waals surface area contributed by atoms with Crippen molar-refractivity contribution in [2.24, 2.45) is 0 Å². The van der Waals surface area contributed by atoms with Crippen molar-refractivity contribution in [3.8, 4) is 0 Å². The Bertz CT molecular complexity index is 290. The molecule has 0 amide bonds. The second-order valence-corrected chi connectivity index (χ2v) is 8.30. The highest BCUT2D eigenvalue weighted by Gasteiger charge is 2.23. The van der Waals surface area contributed by atoms with Crippen LogP contribution in [0.15, 0.2) is 0 Å². The van der Waals surface area contributed by atoms with E-state index in [4.69, 9.17) is 24.4 Å². The third-order valence-electron chi connectivity index (χ3n) is 2.35. The number of hydrogen-bond acceptors (Lipinski definition) is 5. The molecule has 0 aromatic heterocycles. The molecule has 1 N–H and O–H groups in total. The fourth-order valence-corrected chi connectivity index (χ4v) is 4.95. The molecule has 1 fully saturated rings. The van der Waals surface area contributed by atoms with E-state index in [1.165, 1.54) is 25.7 Å². The molecular formula is C11H21N3S5. The Hall–Kier alpha value is 0.630. The van der Waals surface area contributed by atoms with Crippen LogP contribution in [0.1, 0.15) is 39.5 Å². The molecule has 3 nitrogen and oxygen atoms in total. The fourth-order valence-electron chi connectivity index (χ4n) is 1.23. The lowest BCUT2D eigenvalue weighted by Gasteiger charge is -2.27. The van der Waals surface area contributed by atoms with Crippen LogP contribution in [0.4, 0.5) is 0 Å². The van der Waals surface area contributed by atoms with E-state index >= 15 is 0 Å². The molecule has 8 heteroatoms. The van der Waals surface area contributed by atoms with Gasteiger partial charge >= 0.3 is 0 Å². The van der Waals surface area contributed by atoms with Crippen molar-refractivity contribution in [1.82, 2.24) is 14.1 Å². The van der Waals surface area contributed by atoms with Crippen LogP contribution in [0, 0.1) is 0 Å². The van der Waals surface area contributed by atoms with Crippen molar-refractivity contribution in [2.75, 3.05) is 17.4 Å². The van der Waals surface area contributed by atoms with Gasteiger partial charge < -0.3 is 0 Å². The average Bonchev–Trinajstić information content (AvgIpc) is 2.83. The van der Waals surface area contributed by atoms with Gasteiger partial charge in [0, 0.05) is 11.5 Å². The molecule has 1 heterocycles. The Labute approximate surface area is 140 Å². The molecule has 0 aliphatic carbocycles. The second-order valence-electron chi connectivity index (χ2n) is 4.01. The Morgan fingerprint density at radius 1 is 1.32 bits per heavy atom. The smallest absolute Gasteiger partial charge is 0.212 e. The highest BCUT2D eigenvalue weighted by molar-refractivity contribution is 8.23. The van der Waals surface area contributed by atoms with Crippen LogP contribution in [0.25, 0.3) is 0 Å². The lowest BCUT2D eigenvalue weighted by molar-refractivity contribution is 0.448. The van der Waals surface area contributed by atoms with Crippen LogP contribution in [0.3, 0.4) is 0 Å². The second kappa shape index (κ2) is 10.4. The highest BCUT2D eigenvalue weighted by Crippen LogP contribution is 2.27. The van der Waals surface area contributed by atoms with Gasteiger partial charge in [0.25, 0.3) is 0 Å². The van der Waals surface area contributed by atoms with Crippen LogP contribution < -0.4 is 5.43 Å². The quantitative estimate of drug-likeness (QED) is 0.390. The topological polar surface area (TPSA) is 18.5 Å². The molecule has 110 valence electrons. The van der Waals surface area contributed by atoms with Crippen LogP contribution in [-0.2, 0) is 0 Å². The molecular weight excluding hydrogens is 334 g/mol. The fraction of sp³-hybridized carbons (Fsp3) is 0.818. The summed E-state index contributed by atoms with van der Waals surface area (Å²) in [7, 11) is 0. The minimum Gasteiger partial charge on any atom is -0.280 e. The number of nitrogens with one attached hydrogen (secondary N) is 1. The zero-order valence-electron chi connectivity index (χ0n) is 11.4. The van der Waals surface area contributed by atoms with Crippen LogP contribution in [0.2, 0.25) is 0 Å². The largest absolute Gasteiger partial charge is 0.280 e. The molecule has 0 saturated carbocycles. The van der Waals surface area contributed by atoms with Crippen molar-refractivity contribution in [3.63, 3.8) is 0 Å². The summed E-state index contributed by atoms with van der Waals surface area (Å²) in [5, 5.41) is 2.79. The lowest BCUT2D eigenvalue weighted by atomic mass is 10.4. The summed E-state index contributed by atoms with van der Waals surface area (Å²) in [5.74, 6) is 3.03. The molecule has 19 heavy (non-hydrogen) atoms. The summed E-state index contributed by atoms with van der Waals surface area (Å²) in [6, 6.07) is 0. The van der Waals surface area contributed by atoms with Gasteiger partial charge in [-0.1, -0.05) is 50.7 Å². The summed E-state index contributed by atoms with van der Waals surface area (Å²) < 4.78 is 2.97. The summed E-state index contributed by atoms with van der Waals surface area (Å²) in [6.07, 6.45) is 4.88. The number of thiocarbonyl (C=S) groups is 2. The molecule has 1 saturated heterocycles. The predicted molar refractivity (Wildman–Crippen MR) is 99.2 cm³/mol. The standard InChI is InChI=1S/C11H21N3S5/c1-3-5-7-18-14(19-8-6-4-2)11(16)13-9-17-10(15)12-13/h3-9H2,1-2H3,(H,12,15). The van der Waals surface area contributed by atoms with Gasteiger partial charge in [-0.25, -0.2) is 8.72 Å². The van der Waals surface area contributed by atoms with E-state index in [0.29, 0.717) is 0 Å². The molecule has 0 radical (unpaired) electrons. The zero-order valence-corrected chi connectivity index (χ0v) is 15.5. The zero-order chi connectivity index (χ0) is 14.1. The number of hydrogen-bond donors (Lipinski definition) is 1. The summed E-state index contributed by atoms with van der Waals surface area (Å²) >= 11 is 15.9. The summed E-state index contributed by atoms with van der Waals surface area (Å²) in [4.78, 5) is 0. The minimum atomic E-state index is 0.802. The van der Waals surface area contributed by atoms with E-state index in [-0.39, 0.29) is 0 Å². The molecule has 1 aliphatic heterocycles. The van der Waals surface area contributed by atoms with Gasteiger partial charge in [0.1, 0.15) is 0 Å². The van der Waals surface area contributed by atoms with E-state index in [1.807, 2.05) is 28.9 Å². The van der Waals surface area contributed by atoms with E-state index < -0.39 is 0 Å². The van der Waals surface area contributed by atoms with E-state index in [0.717, 1.165) is 26.8 Å². The minimum absolute atomic E-state index is 0.802.